The normalized spacial score (nSPS) is 18.2. The van der Waals surface area contributed by atoms with Crippen LogP contribution in [0.2, 0.25) is 0 Å². The van der Waals surface area contributed by atoms with Crippen LogP contribution >= 0.6 is 0 Å². The summed E-state index contributed by atoms with van der Waals surface area (Å²) >= 11 is 0. The topological polar surface area (TPSA) is 43.1 Å². The standard InChI is InChI=1S/C15H21NO/c1-11(13-6-8-14(16)9-7-13)15(17)10-12-4-2-3-5-12/h6-9,11-12H,2-5,10,16H2,1H3. The third-order valence-corrected chi connectivity index (χ3v) is 3.88. The summed E-state index contributed by atoms with van der Waals surface area (Å²) < 4.78 is 0. The fourth-order valence-electron chi connectivity index (χ4n) is 2.65. The van der Waals surface area contributed by atoms with E-state index in [9.17, 15) is 4.79 Å². The van der Waals surface area contributed by atoms with E-state index in [1.54, 1.807) is 0 Å². The minimum Gasteiger partial charge on any atom is -0.399 e. The van der Waals surface area contributed by atoms with E-state index in [0.29, 0.717) is 11.7 Å². The van der Waals surface area contributed by atoms with Gasteiger partial charge in [-0.3, -0.25) is 4.79 Å². The van der Waals surface area contributed by atoms with E-state index in [4.69, 9.17) is 5.73 Å². The maximum absolute atomic E-state index is 12.2. The van der Waals surface area contributed by atoms with Crippen molar-refractivity contribution in [1.29, 1.82) is 0 Å². The molecule has 1 aliphatic rings. The van der Waals surface area contributed by atoms with Crippen molar-refractivity contribution in [1.82, 2.24) is 0 Å². The Bertz CT molecular complexity index is 376. The lowest BCUT2D eigenvalue weighted by molar-refractivity contribution is -0.121. The van der Waals surface area contributed by atoms with E-state index in [1.807, 2.05) is 31.2 Å². The summed E-state index contributed by atoms with van der Waals surface area (Å²) in [6.45, 7) is 2.00. The maximum atomic E-state index is 12.2. The Morgan fingerprint density at radius 2 is 1.88 bits per heavy atom. The second kappa shape index (κ2) is 5.35. The number of nitrogens with two attached hydrogens (primary N) is 1. The molecule has 0 aromatic heterocycles. The largest absolute Gasteiger partial charge is 0.399 e. The molecule has 2 N–H and O–H groups in total. The van der Waals surface area contributed by atoms with Gasteiger partial charge in [-0.2, -0.15) is 0 Å². The van der Waals surface area contributed by atoms with Gasteiger partial charge in [0.25, 0.3) is 0 Å². The molecule has 0 spiro atoms. The second-order valence-corrected chi connectivity index (χ2v) is 5.21. The molecule has 0 amide bonds. The van der Waals surface area contributed by atoms with Crippen molar-refractivity contribution in [2.45, 2.75) is 44.9 Å². The predicted octanol–water partition coefficient (Wildman–Crippen LogP) is 3.52. The molecule has 1 aromatic carbocycles. The Labute approximate surface area is 103 Å². The highest BCUT2D eigenvalue weighted by molar-refractivity contribution is 5.85. The number of rotatable bonds is 4. The van der Waals surface area contributed by atoms with Gasteiger partial charge in [-0.05, 0) is 23.6 Å². The smallest absolute Gasteiger partial charge is 0.140 e. The van der Waals surface area contributed by atoms with E-state index in [1.165, 1.54) is 25.7 Å². The first-order valence-corrected chi connectivity index (χ1v) is 6.55. The Morgan fingerprint density at radius 3 is 2.47 bits per heavy atom. The van der Waals surface area contributed by atoms with E-state index in [2.05, 4.69) is 0 Å². The van der Waals surface area contributed by atoms with Crippen LogP contribution in [0.1, 0.15) is 50.5 Å². The Hall–Kier alpha value is -1.31. The van der Waals surface area contributed by atoms with Crippen LogP contribution < -0.4 is 5.73 Å². The molecule has 0 heterocycles. The Balaban J connectivity index is 1.96. The minimum absolute atomic E-state index is 0.0104. The van der Waals surface area contributed by atoms with Crippen molar-refractivity contribution in [3.63, 3.8) is 0 Å². The summed E-state index contributed by atoms with van der Waals surface area (Å²) in [5.74, 6) is 1.02. The van der Waals surface area contributed by atoms with Crippen LogP contribution in [0.4, 0.5) is 5.69 Å². The first kappa shape index (κ1) is 12.2. The summed E-state index contributed by atoms with van der Waals surface area (Å²) in [4.78, 5) is 12.2. The lowest BCUT2D eigenvalue weighted by atomic mass is 9.90. The molecule has 0 bridgehead atoms. The van der Waals surface area contributed by atoms with Gasteiger partial charge < -0.3 is 5.73 Å². The van der Waals surface area contributed by atoms with Gasteiger partial charge >= 0.3 is 0 Å². The summed E-state index contributed by atoms with van der Waals surface area (Å²) in [6, 6.07) is 7.67. The van der Waals surface area contributed by atoms with Gasteiger partial charge in [-0.15, -0.1) is 0 Å². The molecule has 1 fully saturated rings. The second-order valence-electron chi connectivity index (χ2n) is 5.21. The van der Waals surface area contributed by atoms with Gasteiger partial charge in [0.05, 0.1) is 0 Å². The third-order valence-electron chi connectivity index (χ3n) is 3.88. The van der Waals surface area contributed by atoms with Gasteiger partial charge in [0.15, 0.2) is 0 Å². The Kier molecular flexibility index (Phi) is 3.82. The van der Waals surface area contributed by atoms with Crippen LogP contribution in [-0.4, -0.2) is 5.78 Å². The molecule has 0 radical (unpaired) electrons. The molecule has 92 valence electrons. The van der Waals surface area contributed by atoms with Crippen LogP contribution in [0.25, 0.3) is 0 Å². The van der Waals surface area contributed by atoms with Crippen LogP contribution in [0.3, 0.4) is 0 Å². The molecule has 1 aromatic rings. The van der Waals surface area contributed by atoms with Crippen LogP contribution in [0.5, 0.6) is 0 Å². The van der Waals surface area contributed by atoms with Crippen molar-refractivity contribution in [3.05, 3.63) is 29.8 Å². The number of benzene rings is 1. The van der Waals surface area contributed by atoms with Crippen LogP contribution in [0.15, 0.2) is 24.3 Å². The lowest BCUT2D eigenvalue weighted by Crippen LogP contribution is -2.13. The fourth-order valence-corrected chi connectivity index (χ4v) is 2.65. The predicted molar refractivity (Wildman–Crippen MR) is 70.9 cm³/mol. The minimum atomic E-state index is 0.0104. The maximum Gasteiger partial charge on any atom is 0.140 e. The zero-order valence-corrected chi connectivity index (χ0v) is 10.5. The molecule has 1 saturated carbocycles. The summed E-state index contributed by atoms with van der Waals surface area (Å²) in [6.07, 6.45) is 5.83. The first-order chi connectivity index (χ1) is 8.16. The van der Waals surface area contributed by atoms with E-state index in [0.717, 1.165) is 17.7 Å². The van der Waals surface area contributed by atoms with Crippen molar-refractivity contribution in [3.8, 4) is 0 Å². The van der Waals surface area contributed by atoms with E-state index in [-0.39, 0.29) is 5.92 Å². The molecule has 0 saturated heterocycles. The average Bonchev–Trinajstić information content (AvgIpc) is 2.82. The van der Waals surface area contributed by atoms with Crippen LogP contribution in [-0.2, 0) is 4.79 Å². The molecule has 1 unspecified atom stereocenters. The van der Waals surface area contributed by atoms with Gasteiger partial charge in [-0.25, -0.2) is 0 Å². The van der Waals surface area contributed by atoms with Gasteiger partial charge in [0, 0.05) is 18.0 Å². The fraction of sp³-hybridized carbons (Fsp3) is 0.533. The van der Waals surface area contributed by atoms with Gasteiger partial charge in [0.1, 0.15) is 5.78 Å². The van der Waals surface area contributed by atoms with Crippen molar-refractivity contribution in [2.75, 3.05) is 5.73 Å². The summed E-state index contributed by atoms with van der Waals surface area (Å²) in [5, 5.41) is 0. The molecule has 1 atom stereocenters. The quantitative estimate of drug-likeness (QED) is 0.806. The van der Waals surface area contributed by atoms with Gasteiger partial charge in [0.2, 0.25) is 0 Å². The SMILES string of the molecule is CC(C(=O)CC1CCCC1)c1ccc(N)cc1. The lowest BCUT2D eigenvalue weighted by Gasteiger charge is -2.14. The molecule has 2 heteroatoms. The monoisotopic (exact) mass is 231 g/mol. The molecular formula is C15H21NO. The third kappa shape index (κ3) is 3.09. The van der Waals surface area contributed by atoms with Crippen molar-refractivity contribution < 1.29 is 4.79 Å². The number of carbonyl (C=O) groups is 1. The molecule has 0 aliphatic heterocycles. The van der Waals surface area contributed by atoms with Crippen molar-refractivity contribution in [2.24, 2.45) is 5.92 Å². The van der Waals surface area contributed by atoms with Crippen molar-refractivity contribution >= 4 is 11.5 Å². The molecule has 2 nitrogen and oxygen atoms in total. The number of anilines is 1. The highest BCUT2D eigenvalue weighted by Crippen LogP contribution is 2.30. The van der Waals surface area contributed by atoms with Crippen LogP contribution in [0, 0.1) is 5.92 Å². The summed E-state index contributed by atoms with van der Waals surface area (Å²) in [5.41, 5.74) is 7.49. The zero-order chi connectivity index (χ0) is 12.3. The number of carbonyl (C=O) groups excluding carboxylic acids is 1. The molecule has 17 heavy (non-hydrogen) atoms. The zero-order valence-electron chi connectivity index (χ0n) is 10.5. The highest BCUT2D eigenvalue weighted by Gasteiger charge is 2.22. The highest BCUT2D eigenvalue weighted by atomic mass is 16.1. The van der Waals surface area contributed by atoms with E-state index >= 15 is 0 Å². The number of Topliss-reactive ketones (excluding diaryl/α,β-unsaturated/α-hetero) is 1. The number of nitrogen functional groups attached to an aromatic ring is 1. The average molecular weight is 231 g/mol. The number of hydrogen-bond donors (Lipinski definition) is 1. The first-order valence-electron chi connectivity index (χ1n) is 6.55. The number of hydrogen-bond acceptors (Lipinski definition) is 2. The summed E-state index contributed by atoms with van der Waals surface area (Å²) in [7, 11) is 0. The van der Waals surface area contributed by atoms with E-state index < -0.39 is 0 Å². The molecule has 1 aliphatic carbocycles. The van der Waals surface area contributed by atoms with Gasteiger partial charge in [-0.1, -0.05) is 44.7 Å². The number of ketones is 1. The molecular weight excluding hydrogens is 210 g/mol. The molecule has 2 rings (SSSR count). The Morgan fingerprint density at radius 1 is 1.29 bits per heavy atom.